The number of benzene rings is 2. The van der Waals surface area contributed by atoms with E-state index in [1.165, 1.54) is 7.11 Å². The van der Waals surface area contributed by atoms with E-state index in [2.05, 4.69) is 15.4 Å². The average molecular weight is 298 g/mol. The van der Waals surface area contributed by atoms with Gasteiger partial charge < -0.3 is 15.4 Å². The molecule has 0 heterocycles. The fourth-order valence-electron chi connectivity index (χ4n) is 1.93. The second kappa shape index (κ2) is 7.26. The van der Waals surface area contributed by atoms with Gasteiger partial charge in [0, 0.05) is 11.4 Å². The minimum Gasteiger partial charge on any atom is -0.465 e. The minimum atomic E-state index is -0.432. The van der Waals surface area contributed by atoms with E-state index in [0.29, 0.717) is 11.3 Å². The number of rotatable bonds is 5. The molecule has 0 unspecified atom stereocenters. The van der Waals surface area contributed by atoms with Crippen LogP contribution < -0.4 is 10.6 Å². The molecule has 0 aliphatic carbocycles. The highest BCUT2D eigenvalue weighted by atomic mass is 16.5. The lowest BCUT2D eigenvalue weighted by Gasteiger charge is -2.11. The Morgan fingerprint density at radius 2 is 1.82 bits per heavy atom. The predicted molar refractivity (Wildman–Crippen MR) is 86.1 cm³/mol. The van der Waals surface area contributed by atoms with Crippen molar-refractivity contribution in [2.24, 2.45) is 0 Å². The van der Waals surface area contributed by atoms with E-state index in [4.69, 9.17) is 0 Å². The standard InChI is InChI=1S/C17H18N2O3/c1-12-8-9-13(17(21)22-2)10-15(12)19-16(20)11-18-14-6-4-3-5-7-14/h3-10,18H,11H2,1-2H3,(H,19,20). The Morgan fingerprint density at radius 3 is 2.50 bits per heavy atom. The lowest BCUT2D eigenvalue weighted by Crippen LogP contribution is -2.22. The maximum Gasteiger partial charge on any atom is 0.337 e. The van der Waals surface area contributed by atoms with Gasteiger partial charge in [-0.2, -0.15) is 0 Å². The highest BCUT2D eigenvalue weighted by Gasteiger charge is 2.10. The molecule has 0 aromatic heterocycles. The predicted octanol–water partition coefficient (Wildman–Crippen LogP) is 2.83. The van der Waals surface area contributed by atoms with E-state index in [1.54, 1.807) is 18.2 Å². The van der Waals surface area contributed by atoms with E-state index < -0.39 is 5.97 Å². The van der Waals surface area contributed by atoms with Crippen molar-refractivity contribution < 1.29 is 14.3 Å². The molecule has 0 radical (unpaired) electrons. The molecule has 0 aliphatic heterocycles. The molecule has 5 nitrogen and oxygen atoms in total. The van der Waals surface area contributed by atoms with Crippen molar-refractivity contribution in [1.29, 1.82) is 0 Å². The molecule has 1 amide bonds. The van der Waals surface area contributed by atoms with Gasteiger partial charge in [-0.15, -0.1) is 0 Å². The fourth-order valence-corrected chi connectivity index (χ4v) is 1.93. The van der Waals surface area contributed by atoms with Crippen LogP contribution in [0.4, 0.5) is 11.4 Å². The lowest BCUT2D eigenvalue weighted by molar-refractivity contribution is -0.114. The van der Waals surface area contributed by atoms with E-state index in [0.717, 1.165) is 11.3 Å². The smallest absolute Gasteiger partial charge is 0.337 e. The number of carbonyl (C=O) groups excluding carboxylic acids is 2. The first-order chi connectivity index (χ1) is 10.6. The summed E-state index contributed by atoms with van der Waals surface area (Å²) in [5.41, 5.74) is 2.75. The molecular formula is C17H18N2O3. The highest BCUT2D eigenvalue weighted by molar-refractivity contribution is 5.97. The molecular weight excluding hydrogens is 280 g/mol. The van der Waals surface area contributed by atoms with Crippen LogP contribution in [0.3, 0.4) is 0 Å². The number of para-hydroxylation sites is 1. The van der Waals surface area contributed by atoms with Crippen LogP contribution >= 0.6 is 0 Å². The number of hydrogen-bond donors (Lipinski definition) is 2. The second-order valence-corrected chi connectivity index (χ2v) is 4.79. The Bertz CT molecular complexity index is 669. The number of carbonyl (C=O) groups is 2. The summed E-state index contributed by atoms with van der Waals surface area (Å²) in [6.07, 6.45) is 0. The van der Waals surface area contributed by atoms with Gasteiger partial charge in [-0.1, -0.05) is 24.3 Å². The molecule has 5 heteroatoms. The zero-order valence-corrected chi connectivity index (χ0v) is 12.6. The Balaban J connectivity index is 2.00. The topological polar surface area (TPSA) is 67.4 Å². The van der Waals surface area contributed by atoms with Crippen molar-refractivity contribution in [1.82, 2.24) is 0 Å². The van der Waals surface area contributed by atoms with Crippen molar-refractivity contribution in [2.45, 2.75) is 6.92 Å². The number of amides is 1. The average Bonchev–Trinajstić information content (AvgIpc) is 2.55. The minimum absolute atomic E-state index is 0.145. The Hall–Kier alpha value is -2.82. The molecule has 0 bridgehead atoms. The molecule has 2 aromatic carbocycles. The van der Waals surface area contributed by atoms with E-state index in [1.807, 2.05) is 37.3 Å². The number of ether oxygens (including phenoxy) is 1. The lowest BCUT2D eigenvalue weighted by atomic mass is 10.1. The van der Waals surface area contributed by atoms with Gasteiger partial charge in [0.15, 0.2) is 0 Å². The van der Waals surface area contributed by atoms with Crippen LogP contribution in [0, 0.1) is 6.92 Å². The van der Waals surface area contributed by atoms with Gasteiger partial charge >= 0.3 is 5.97 Å². The van der Waals surface area contributed by atoms with Crippen molar-refractivity contribution in [3.05, 3.63) is 59.7 Å². The van der Waals surface area contributed by atoms with Crippen LogP contribution in [0.15, 0.2) is 48.5 Å². The SMILES string of the molecule is COC(=O)c1ccc(C)c(NC(=O)CNc2ccccc2)c1. The molecule has 0 atom stereocenters. The summed E-state index contributed by atoms with van der Waals surface area (Å²) in [5.74, 6) is -0.619. The zero-order valence-electron chi connectivity index (χ0n) is 12.6. The largest absolute Gasteiger partial charge is 0.465 e. The Morgan fingerprint density at radius 1 is 1.09 bits per heavy atom. The summed E-state index contributed by atoms with van der Waals surface area (Å²) in [5, 5.41) is 5.82. The first-order valence-electron chi connectivity index (χ1n) is 6.88. The van der Waals surface area contributed by atoms with Crippen LogP contribution in [0.2, 0.25) is 0 Å². The molecule has 114 valence electrons. The van der Waals surface area contributed by atoms with Crippen molar-refractivity contribution in [3.8, 4) is 0 Å². The van der Waals surface area contributed by atoms with Gasteiger partial charge in [-0.3, -0.25) is 4.79 Å². The van der Waals surface area contributed by atoms with E-state index in [-0.39, 0.29) is 12.5 Å². The number of anilines is 2. The summed E-state index contributed by atoms with van der Waals surface area (Å²) in [7, 11) is 1.32. The molecule has 0 saturated carbocycles. The zero-order chi connectivity index (χ0) is 15.9. The van der Waals surface area contributed by atoms with Crippen LogP contribution in [-0.2, 0) is 9.53 Å². The van der Waals surface area contributed by atoms with Crippen LogP contribution in [0.25, 0.3) is 0 Å². The molecule has 2 rings (SSSR count). The molecule has 2 N–H and O–H groups in total. The number of methoxy groups -OCH3 is 1. The third-order valence-corrected chi connectivity index (χ3v) is 3.16. The van der Waals surface area contributed by atoms with E-state index in [9.17, 15) is 9.59 Å². The maximum absolute atomic E-state index is 12.0. The Labute approximate surface area is 129 Å². The van der Waals surface area contributed by atoms with Crippen LogP contribution in [0.1, 0.15) is 15.9 Å². The first kappa shape index (κ1) is 15.6. The van der Waals surface area contributed by atoms with Gasteiger partial charge in [0.1, 0.15) is 0 Å². The summed E-state index contributed by atoms with van der Waals surface area (Å²) >= 11 is 0. The van der Waals surface area contributed by atoms with E-state index >= 15 is 0 Å². The molecule has 2 aromatic rings. The molecule has 0 spiro atoms. The van der Waals surface area contributed by atoms with Crippen molar-refractivity contribution >= 4 is 23.3 Å². The maximum atomic E-state index is 12.0. The molecule has 22 heavy (non-hydrogen) atoms. The van der Waals surface area contributed by atoms with Crippen LogP contribution in [0.5, 0.6) is 0 Å². The first-order valence-corrected chi connectivity index (χ1v) is 6.88. The summed E-state index contributed by atoms with van der Waals surface area (Å²) in [6, 6.07) is 14.5. The third kappa shape index (κ3) is 4.09. The monoisotopic (exact) mass is 298 g/mol. The number of nitrogens with one attached hydrogen (secondary N) is 2. The van der Waals surface area contributed by atoms with Gasteiger partial charge in [0.25, 0.3) is 0 Å². The van der Waals surface area contributed by atoms with Gasteiger partial charge in [-0.05, 0) is 36.8 Å². The normalized spacial score (nSPS) is 9.91. The number of esters is 1. The molecule has 0 saturated heterocycles. The van der Waals surface area contributed by atoms with Crippen LogP contribution in [-0.4, -0.2) is 25.5 Å². The summed E-state index contributed by atoms with van der Waals surface area (Å²) in [6.45, 7) is 2.01. The second-order valence-electron chi connectivity index (χ2n) is 4.79. The molecule has 0 fully saturated rings. The fraction of sp³-hybridized carbons (Fsp3) is 0.176. The summed E-state index contributed by atoms with van der Waals surface area (Å²) < 4.78 is 4.68. The van der Waals surface area contributed by atoms with Gasteiger partial charge in [0.2, 0.25) is 5.91 Å². The Kier molecular flexibility index (Phi) is 5.14. The quantitative estimate of drug-likeness (QED) is 0.833. The summed E-state index contributed by atoms with van der Waals surface area (Å²) in [4.78, 5) is 23.5. The van der Waals surface area contributed by atoms with Gasteiger partial charge in [0.05, 0.1) is 19.2 Å². The van der Waals surface area contributed by atoms with Gasteiger partial charge in [-0.25, -0.2) is 4.79 Å². The number of aryl methyl sites for hydroxylation is 1. The molecule has 0 aliphatic rings. The van der Waals surface area contributed by atoms with Crippen molar-refractivity contribution in [2.75, 3.05) is 24.3 Å². The highest BCUT2D eigenvalue weighted by Crippen LogP contribution is 2.17. The number of hydrogen-bond acceptors (Lipinski definition) is 4. The third-order valence-electron chi connectivity index (χ3n) is 3.16. The van der Waals surface area contributed by atoms with Crippen molar-refractivity contribution in [3.63, 3.8) is 0 Å².